The average Bonchev–Trinajstić information content (AvgIpc) is 3.17. The first-order chi connectivity index (χ1) is 12.8. The van der Waals surface area contributed by atoms with E-state index in [4.69, 9.17) is 0 Å². The first-order valence-electron chi connectivity index (χ1n) is 8.99. The Hall–Kier alpha value is -2.43. The van der Waals surface area contributed by atoms with Crippen LogP contribution in [0.1, 0.15) is 32.4 Å². The largest absolute Gasteiger partial charge is 0.350 e. The quantitative estimate of drug-likeness (QED) is 0.735. The SMILES string of the molecule is O=C(NCC(c1ccccc1)N1CCc2sccc2C1)c1ccccc1. The highest BCUT2D eigenvalue weighted by Crippen LogP contribution is 2.30. The number of fused-ring (bicyclic) bond motifs is 1. The molecule has 0 radical (unpaired) electrons. The van der Waals surface area contributed by atoms with Crippen LogP contribution in [0, 0.1) is 0 Å². The zero-order chi connectivity index (χ0) is 17.8. The van der Waals surface area contributed by atoms with Gasteiger partial charge in [-0.1, -0.05) is 48.5 Å². The summed E-state index contributed by atoms with van der Waals surface area (Å²) in [6.45, 7) is 2.57. The third-order valence-corrected chi connectivity index (χ3v) is 5.98. The minimum atomic E-state index is -0.0141. The predicted octanol–water partition coefficient (Wildman–Crippen LogP) is 4.28. The molecule has 2 heterocycles. The van der Waals surface area contributed by atoms with Crippen molar-refractivity contribution in [3.63, 3.8) is 0 Å². The van der Waals surface area contributed by atoms with E-state index in [0.717, 1.165) is 19.5 Å². The summed E-state index contributed by atoms with van der Waals surface area (Å²) < 4.78 is 0. The van der Waals surface area contributed by atoms with Gasteiger partial charge < -0.3 is 5.32 Å². The highest BCUT2D eigenvalue weighted by molar-refractivity contribution is 7.10. The van der Waals surface area contributed by atoms with Crippen LogP contribution in [-0.4, -0.2) is 23.9 Å². The molecular formula is C22H22N2OS. The van der Waals surface area contributed by atoms with Gasteiger partial charge in [0.1, 0.15) is 0 Å². The Balaban J connectivity index is 1.52. The van der Waals surface area contributed by atoms with Gasteiger partial charge in [0, 0.05) is 30.1 Å². The molecule has 1 aliphatic rings. The summed E-state index contributed by atoms with van der Waals surface area (Å²) in [5.41, 5.74) is 3.38. The summed E-state index contributed by atoms with van der Waals surface area (Å²) in [5, 5.41) is 5.32. The van der Waals surface area contributed by atoms with Crippen molar-refractivity contribution < 1.29 is 4.79 Å². The average molecular weight is 362 g/mol. The predicted molar refractivity (Wildman–Crippen MR) is 106 cm³/mol. The highest BCUT2D eigenvalue weighted by Gasteiger charge is 2.25. The lowest BCUT2D eigenvalue weighted by molar-refractivity contribution is 0.0928. The molecule has 0 spiro atoms. The molecule has 4 rings (SSSR count). The summed E-state index contributed by atoms with van der Waals surface area (Å²) >= 11 is 1.85. The molecule has 4 heteroatoms. The van der Waals surface area contributed by atoms with E-state index in [1.807, 2.05) is 47.7 Å². The van der Waals surface area contributed by atoms with Crippen LogP contribution in [0.5, 0.6) is 0 Å². The van der Waals surface area contributed by atoms with Crippen molar-refractivity contribution in [3.05, 3.63) is 93.7 Å². The van der Waals surface area contributed by atoms with Crippen molar-refractivity contribution in [3.8, 4) is 0 Å². The zero-order valence-electron chi connectivity index (χ0n) is 14.6. The molecule has 2 aromatic carbocycles. The van der Waals surface area contributed by atoms with Crippen molar-refractivity contribution in [2.24, 2.45) is 0 Å². The molecule has 0 saturated carbocycles. The molecule has 1 amide bonds. The van der Waals surface area contributed by atoms with Gasteiger partial charge in [0.25, 0.3) is 5.91 Å². The number of hydrogen-bond acceptors (Lipinski definition) is 3. The van der Waals surface area contributed by atoms with Crippen LogP contribution >= 0.6 is 11.3 Å². The molecular weight excluding hydrogens is 340 g/mol. The molecule has 1 N–H and O–H groups in total. The summed E-state index contributed by atoms with van der Waals surface area (Å²) in [4.78, 5) is 16.5. The molecule has 132 valence electrons. The lowest BCUT2D eigenvalue weighted by Gasteiger charge is -2.35. The molecule has 1 atom stereocenters. The lowest BCUT2D eigenvalue weighted by Crippen LogP contribution is -2.40. The molecule has 0 bridgehead atoms. The van der Waals surface area contributed by atoms with Crippen LogP contribution < -0.4 is 5.32 Å². The van der Waals surface area contributed by atoms with Gasteiger partial charge in [-0.25, -0.2) is 0 Å². The monoisotopic (exact) mass is 362 g/mol. The number of carbonyl (C=O) groups excluding carboxylic acids is 1. The van der Waals surface area contributed by atoms with Crippen molar-refractivity contribution >= 4 is 17.2 Å². The number of carbonyl (C=O) groups is 1. The molecule has 3 aromatic rings. The Labute approximate surface area is 158 Å². The maximum atomic E-state index is 12.5. The zero-order valence-corrected chi connectivity index (χ0v) is 15.4. The van der Waals surface area contributed by atoms with Crippen LogP contribution in [0.15, 0.2) is 72.1 Å². The van der Waals surface area contributed by atoms with Gasteiger partial charge in [0.05, 0.1) is 6.04 Å². The molecule has 3 nitrogen and oxygen atoms in total. The van der Waals surface area contributed by atoms with E-state index in [1.165, 1.54) is 16.0 Å². The molecule has 0 aliphatic carbocycles. The van der Waals surface area contributed by atoms with Crippen LogP contribution in [0.2, 0.25) is 0 Å². The highest BCUT2D eigenvalue weighted by atomic mass is 32.1. The molecule has 1 aromatic heterocycles. The second-order valence-corrected chi connectivity index (χ2v) is 7.59. The molecule has 1 unspecified atom stereocenters. The van der Waals surface area contributed by atoms with Crippen molar-refractivity contribution in [2.75, 3.05) is 13.1 Å². The van der Waals surface area contributed by atoms with Crippen LogP contribution in [0.4, 0.5) is 0 Å². The van der Waals surface area contributed by atoms with Gasteiger partial charge in [-0.3, -0.25) is 9.69 Å². The second-order valence-electron chi connectivity index (χ2n) is 6.59. The Morgan fingerprint density at radius 2 is 1.77 bits per heavy atom. The Bertz CT molecular complexity index is 860. The third kappa shape index (κ3) is 3.71. The van der Waals surface area contributed by atoms with E-state index in [1.54, 1.807) is 0 Å². The van der Waals surface area contributed by atoms with Crippen molar-refractivity contribution in [2.45, 2.75) is 19.0 Å². The summed E-state index contributed by atoms with van der Waals surface area (Å²) in [6.07, 6.45) is 1.09. The fraction of sp³-hybridized carbons (Fsp3) is 0.227. The molecule has 0 saturated heterocycles. The number of hydrogen-bond donors (Lipinski definition) is 1. The maximum Gasteiger partial charge on any atom is 0.251 e. The molecule has 0 fully saturated rings. The first-order valence-corrected chi connectivity index (χ1v) is 9.87. The van der Waals surface area contributed by atoms with Crippen molar-refractivity contribution in [1.29, 1.82) is 0 Å². The minimum Gasteiger partial charge on any atom is -0.350 e. The van der Waals surface area contributed by atoms with Gasteiger partial charge in [-0.15, -0.1) is 11.3 Å². The number of thiophene rings is 1. The van der Waals surface area contributed by atoms with E-state index in [2.05, 4.69) is 45.9 Å². The topological polar surface area (TPSA) is 32.3 Å². The standard InChI is InChI=1S/C22H22N2OS/c25-22(18-9-5-2-6-10-18)23-15-20(17-7-3-1-4-8-17)24-13-11-21-19(16-24)12-14-26-21/h1-10,12,14,20H,11,13,15-16H2,(H,23,25). The normalized spacial score (nSPS) is 15.2. The fourth-order valence-corrected chi connectivity index (χ4v) is 4.44. The Morgan fingerprint density at radius 1 is 1.04 bits per heavy atom. The van der Waals surface area contributed by atoms with E-state index in [-0.39, 0.29) is 11.9 Å². The lowest BCUT2D eigenvalue weighted by atomic mass is 10.0. The van der Waals surface area contributed by atoms with E-state index in [0.29, 0.717) is 12.1 Å². The van der Waals surface area contributed by atoms with Gasteiger partial charge in [-0.05, 0) is 41.1 Å². The van der Waals surface area contributed by atoms with E-state index in [9.17, 15) is 4.79 Å². The number of benzene rings is 2. The van der Waals surface area contributed by atoms with Crippen molar-refractivity contribution in [1.82, 2.24) is 10.2 Å². The Kier molecular flexibility index (Phi) is 5.14. The number of nitrogens with one attached hydrogen (secondary N) is 1. The van der Waals surface area contributed by atoms with Gasteiger partial charge in [0.15, 0.2) is 0 Å². The first kappa shape index (κ1) is 17.0. The number of rotatable bonds is 5. The smallest absolute Gasteiger partial charge is 0.251 e. The molecule has 26 heavy (non-hydrogen) atoms. The summed E-state index contributed by atoms with van der Waals surface area (Å²) in [5.74, 6) is -0.0141. The summed E-state index contributed by atoms with van der Waals surface area (Å²) in [6, 6.07) is 22.3. The fourth-order valence-electron chi connectivity index (χ4n) is 3.55. The van der Waals surface area contributed by atoms with Gasteiger partial charge >= 0.3 is 0 Å². The van der Waals surface area contributed by atoms with E-state index >= 15 is 0 Å². The molecule has 1 aliphatic heterocycles. The third-order valence-electron chi connectivity index (χ3n) is 4.95. The Morgan fingerprint density at radius 3 is 2.54 bits per heavy atom. The number of amides is 1. The van der Waals surface area contributed by atoms with E-state index < -0.39 is 0 Å². The minimum absolute atomic E-state index is 0.0141. The van der Waals surface area contributed by atoms with Crippen LogP contribution in [0.3, 0.4) is 0 Å². The maximum absolute atomic E-state index is 12.5. The van der Waals surface area contributed by atoms with Gasteiger partial charge in [-0.2, -0.15) is 0 Å². The second kappa shape index (κ2) is 7.85. The number of nitrogens with zero attached hydrogens (tertiary/aromatic N) is 1. The van der Waals surface area contributed by atoms with Crippen LogP contribution in [0.25, 0.3) is 0 Å². The summed E-state index contributed by atoms with van der Waals surface area (Å²) in [7, 11) is 0. The van der Waals surface area contributed by atoms with Crippen LogP contribution in [-0.2, 0) is 13.0 Å². The van der Waals surface area contributed by atoms with Gasteiger partial charge in [0.2, 0.25) is 0 Å².